The van der Waals surface area contributed by atoms with Crippen LogP contribution in [0.4, 0.5) is 40.6 Å². The summed E-state index contributed by atoms with van der Waals surface area (Å²) >= 11 is 0.423. The van der Waals surface area contributed by atoms with Crippen LogP contribution >= 0.6 is 12.0 Å². The summed E-state index contributed by atoms with van der Waals surface area (Å²) in [7, 11) is -20.9. The number of benzene rings is 4. The molecule has 5 rings (SSSR count). The van der Waals surface area contributed by atoms with Crippen molar-refractivity contribution in [2.45, 2.75) is 19.6 Å². The van der Waals surface area contributed by atoms with Crippen LogP contribution in [0.5, 0.6) is 5.75 Å². The van der Waals surface area contributed by atoms with Gasteiger partial charge in [0.2, 0.25) is 28.2 Å². The normalized spacial score (nSPS) is 11.5. The summed E-state index contributed by atoms with van der Waals surface area (Å²) in [6.07, 6.45) is 1.46. The van der Waals surface area contributed by atoms with Crippen LogP contribution in [0.15, 0.2) is 114 Å². The second kappa shape index (κ2) is 30.2. The molecular formula is C32H22CuN11Na4O18S5. The summed E-state index contributed by atoms with van der Waals surface area (Å²) in [5.74, 6) is -5.86. The first-order chi connectivity index (χ1) is 31.0. The van der Waals surface area contributed by atoms with Gasteiger partial charge in [-0.3, -0.25) is 14.5 Å². The van der Waals surface area contributed by atoms with Crippen molar-refractivity contribution >= 4 is 105 Å². The number of carboxylic acid groups (broad SMARTS) is 1. The van der Waals surface area contributed by atoms with Crippen LogP contribution in [0, 0.1) is 11.5 Å². The summed E-state index contributed by atoms with van der Waals surface area (Å²) < 4.78 is 140. The molecule has 0 radical (unpaired) electrons. The van der Waals surface area contributed by atoms with Crippen molar-refractivity contribution in [2.75, 3.05) is 28.3 Å². The second-order valence-corrected chi connectivity index (χ2v) is 18.7. The maximum absolute atomic E-state index is 12.7. The SMILES string of the molecule is N#CNc1nc(Nc2ccc(S(=O)(=O)CCOS(=O)(=O)[O-])cc2S(=O)(=O)[O-])nc(Nc2cc(O)c(N=N/C(=N\[N-]c3cc(SOO[O-])ccc3C(=O)O)c3ccccc3)cc2S(=O)(=O)[O-])n1.[Cu+].[Na+].[Na+].[Na+].[Na+]. The van der Waals surface area contributed by atoms with Crippen LogP contribution in [0.3, 0.4) is 0 Å². The fraction of sp³-hybridized carbons (Fsp3) is 0.0625. The van der Waals surface area contributed by atoms with E-state index in [9.17, 15) is 72.9 Å². The van der Waals surface area contributed by atoms with E-state index in [0.29, 0.717) is 30.2 Å². The fourth-order valence-corrected chi connectivity index (χ4v) is 8.22. The average molecular weight is 1160 g/mol. The van der Waals surface area contributed by atoms with Crippen molar-refractivity contribution in [3.8, 4) is 11.9 Å². The predicted molar refractivity (Wildman–Crippen MR) is 216 cm³/mol. The van der Waals surface area contributed by atoms with Crippen molar-refractivity contribution in [1.29, 1.82) is 5.26 Å². The zero-order chi connectivity index (χ0) is 48.5. The molecule has 0 spiro atoms. The van der Waals surface area contributed by atoms with Crippen molar-refractivity contribution < 1.29 is 216 Å². The van der Waals surface area contributed by atoms with Crippen molar-refractivity contribution in [1.82, 2.24) is 15.0 Å². The summed E-state index contributed by atoms with van der Waals surface area (Å²) in [4.78, 5) is 20.3. The maximum Gasteiger partial charge on any atom is 1.00 e. The first-order valence-corrected chi connectivity index (χ1v) is 23.5. The Morgan fingerprint density at radius 2 is 1.39 bits per heavy atom. The molecule has 4 aromatic carbocycles. The average Bonchev–Trinajstić information content (AvgIpc) is 3.22. The number of phenolic OH excluding ortho intramolecular Hbond substituents is 1. The topological polar surface area (TPSA) is 464 Å². The van der Waals surface area contributed by atoms with Crippen LogP contribution in [-0.2, 0) is 71.1 Å². The first kappa shape index (κ1) is 68.5. The van der Waals surface area contributed by atoms with Crippen LogP contribution in [0.1, 0.15) is 15.9 Å². The van der Waals surface area contributed by atoms with Gasteiger partial charge < -0.3 is 50.3 Å². The monoisotopic (exact) mass is 1160 g/mol. The standard InChI is InChI=1S/C32H27N11O18S5.Cu.4Na/c33-16-34-30-37-31(35-21-9-7-19(13-26(21)64(50,51)52)63(48,49)11-10-59-66(56,57)58)39-32(38-30)36-24-14-25(44)23(15-27(24)65(53,54)55)41-43-28(17-4-2-1-3-5-17)42-40-22-12-18(62-61-60-47)6-8-20(22)29(45)46;;;;;/h1-9,12-15H,10-11H2,(H10,34,35,36,37,38,39,40,41,42,43,44,45,46,47,50,51,52,53,54,55,56,57,58);;;;;/q;5*+1/p-5. The fourth-order valence-electron chi connectivity index (χ4n) is 4.95. The van der Waals surface area contributed by atoms with Crippen molar-refractivity contribution in [2.24, 2.45) is 15.3 Å². The van der Waals surface area contributed by atoms with E-state index in [2.05, 4.69) is 59.9 Å². The van der Waals surface area contributed by atoms with Crippen LogP contribution in [-0.4, -0.2) is 96.7 Å². The molecule has 0 aliphatic rings. The second-order valence-electron chi connectivity index (χ2n) is 12.0. The number of nitriles is 1. The Morgan fingerprint density at radius 3 is 1.96 bits per heavy atom. The summed E-state index contributed by atoms with van der Waals surface area (Å²) in [6, 6.07) is 14.3. The number of hydrogen-bond donors (Lipinski definition) is 5. The number of rotatable bonds is 20. The van der Waals surface area contributed by atoms with Gasteiger partial charge in [0.25, 0.3) is 0 Å². The van der Waals surface area contributed by atoms with E-state index in [4.69, 9.17) is 0 Å². The molecule has 5 aromatic rings. The smallest absolute Gasteiger partial charge is 0.744 e. The Kier molecular flexibility index (Phi) is 29.1. The molecule has 358 valence electrons. The number of amidine groups is 1. The Labute approximate surface area is 505 Å². The summed E-state index contributed by atoms with van der Waals surface area (Å²) in [5, 5.41) is 61.7. The zero-order valence-electron chi connectivity index (χ0n) is 36.3. The van der Waals surface area contributed by atoms with Gasteiger partial charge in [-0.15, -0.1) is 15.9 Å². The van der Waals surface area contributed by atoms with E-state index < -0.39 is 114 Å². The van der Waals surface area contributed by atoms with Crippen LogP contribution in [0.2, 0.25) is 0 Å². The minimum Gasteiger partial charge on any atom is -0.744 e. The number of aromatic carboxylic acids is 1. The summed E-state index contributed by atoms with van der Waals surface area (Å²) in [5.41, 5.74) is 1.43. The third-order valence-electron chi connectivity index (χ3n) is 7.70. The number of aromatic nitrogens is 3. The number of nitrogens with zero attached hydrogens (tertiary/aromatic N) is 8. The molecule has 1 heterocycles. The number of azo groups is 1. The molecule has 39 heteroatoms. The third kappa shape index (κ3) is 20.6. The number of carbonyl (C=O) groups is 1. The Morgan fingerprint density at radius 1 is 0.803 bits per heavy atom. The van der Waals surface area contributed by atoms with E-state index in [1.54, 1.807) is 18.2 Å². The molecule has 0 bridgehead atoms. The van der Waals surface area contributed by atoms with Gasteiger partial charge in [0.15, 0.2) is 21.9 Å². The largest absolute Gasteiger partial charge is 1.00 e. The number of phenols is 1. The van der Waals surface area contributed by atoms with Gasteiger partial charge in [0, 0.05) is 22.1 Å². The van der Waals surface area contributed by atoms with E-state index in [1.807, 2.05) is 5.32 Å². The molecule has 0 aliphatic carbocycles. The van der Waals surface area contributed by atoms with E-state index in [0.717, 1.165) is 18.2 Å². The van der Waals surface area contributed by atoms with Gasteiger partial charge in [-0.2, -0.15) is 24.5 Å². The Hall–Kier alpha value is -2.49. The molecule has 29 nitrogen and oxygen atoms in total. The zero-order valence-corrected chi connectivity index (χ0v) is 49.3. The van der Waals surface area contributed by atoms with Crippen LogP contribution < -0.4 is 139 Å². The molecule has 0 atom stereocenters. The molecule has 0 fully saturated rings. The number of hydrogen-bond acceptors (Lipinski definition) is 27. The maximum atomic E-state index is 12.7. The minimum absolute atomic E-state index is 0. The number of sulfone groups is 1. The quantitative estimate of drug-likeness (QED) is 0.00413. The van der Waals surface area contributed by atoms with E-state index in [1.165, 1.54) is 30.5 Å². The van der Waals surface area contributed by atoms with Gasteiger partial charge >= 0.3 is 141 Å². The van der Waals surface area contributed by atoms with Crippen LogP contribution in [0.25, 0.3) is 5.43 Å². The molecule has 0 saturated carbocycles. The predicted octanol–water partition coefficient (Wildman–Crippen LogP) is -9.89. The molecule has 71 heavy (non-hydrogen) atoms. The number of aromatic hydroxyl groups is 1. The molecular weight excluding hydrogens is 1140 g/mol. The number of nitrogens with one attached hydrogen (secondary N) is 3. The van der Waals surface area contributed by atoms with Gasteiger partial charge in [0.1, 0.15) is 31.7 Å². The van der Waals surface area contributed by atoms with Gasteiger partial charge in [0.05, 0.1) is 50.5 Å². The summed E-state index contributed by atoms with van der Waals surface area (Å²) in [6.45, 7) is -1.15. The third-order valence-corrected chi connectivity index (χ3v) is 12.2. The van der Waals surface area contributed by atoms with Gasteiger partial charge in [-0.05, 0) is 36.4 Å². The van der Waals surface area contributed by atoms with E-state index in [-0.39, 0.29) is 163 Å². The van der Waals surface area contributed by atoms with E-state index >= 15 is 0 Å². The molecule has 0 unspecified atom stereocenters. The minimum atomic E-state index is -5.55. The molecule has 1 aromatic heterocycles. The number of anilines is 5. The molecule has 0 aliphatic heterocycles. The Balaban J connectivity index is 0.00000980. The van der Waals surface area contributed by atoms with Gasteiger partial charge in [-0.1, -0.05) is 36.4 Å². The Bertz CT molecular complexity index is 3260. The van der Waals surface area contributed by atoms with Crippen molar-refractivity contribution in [3.05, 3.63) is 95.4 Å². The molecule has 0 saturated heterocycles. The van der Waals surface area contributed by atoms with Gasteiger partial charge in [-0.25, -0.2) is 38.5 Å². The molecule has 0 amide bonds. The van der Waals surface area contributed by atoms with Crippen molar-refractivity contribution in [3.63, 3.8) is 0 Å². The number of carboxylic acids is 1. The molecule has 5 N–H and O–H groups in total. The first-order valence-electron chi connectivity index (χ1n) is 16.9.